The molecule has 0 saturated carbocycles. The minimum Gasteiger partial charge on any atom is -0.298 e. The van der Waals surface area contributed by atoms with Crippen LogP contribution in [-0.2, 0) is 6.54 Å². The van der Waals surface area contributed by atoms with Crippen molar-refractivity contribution in [2.24, 2.45) is 5.92 Å². The summed E-state index contributed by atoms with van der Waals surface area (Å²) in [5, 5.41) is 5.10. The van der Waals surface area contributed by atoms with E-state index in [1.54, 1.807) is 0 Å². The van der Waals surface area contributed by atoms with Crippen LogP contribution in [0.4, 0.5) is 0 Å². The number of aryl methyl sites for hydroxylation is 1. The van der Waals surface area contributed by atoms with Crippen molar-refractivity contribution >= 4 is 17.4 Å². The molecule has 4 nitrogen and oxygen atoms in total. The number of aromatic nitrogens is 2. The lowest BCUT2D eigenvalue weighted by atomic mass is 9.88. The second-order valence-electron chi connectivity index (χ2n) is 7.32. The Hall–Kier alpha value is -1.65. The van der Waals surface area contributed by atoms with Crippen molar-refractivity contribution in [3.8, 4) is 0 Å². The van der Waals surface area contributed by atoms with Crippen molar-refractivity contribution in [2.75, 3.05) is 13.1 Å². The van der Waals surface area contributed by atoms with E-state index >= 15 is 0 Å². The SMILES string of the molecule is Cc1cc(Cl)ccc1C(=O)[C@@H]1CCCN(Cc2cnn(C(C)C)c2)C1. The zero-order valence-corrected chi connectivity index (χ0v) is 16.0. The number of halogens is 1. The molecule has 3 rings (SSSR count). The molecule has 0 amide bonds. The van der Waals surface area contributed by atoms with Crippen molar-refractivity contribution in [3.63, 3.8) is 0 Å². The van der Waals surface area contributed by atoms with E-state index in [1.165, 1.54) is 5.56 Å². The van der Waals surface area contributed by atoms with Gasteiger partial charge in [0, 0.05) is 47.4 Å². The highest BCUT2D eigenvalue weighted by atomic mass is 35.5. The second kappa shape index (κ2) is 7.71. The predicted molar refractivity (Wildman–Crippen MR) is 101 cm³/mol. The topological polar surface area (TPSA) is 38.1 Å². The van der Waals surface area contributed by atoms with Crippen LogP contribution >= 0.6 is 11.6 Å². The van der Waals surface area contributed by atoms with Gasteiger partial charge in [-0.1, -0.05) is 11.6 Å². The Morgan fingerprint density at radius 1 is 1.40 bits per heavy atom. The molecule has 0 spiro atoms. The number of carbonyl (C=O) groups excluding carboxylic acids is 1. The van der Waals surface area contributed by atoms with Gasteiger partial charge in [-0.3, -0.25) is 14.4 Å². The Morgan fingerprint density at radius 2 is 2.20 bits per heavy atom. The number of hydrogen-bond acceptors (Lipinski definition) is 3. The third kappa shape index (κ3) is 4.31. The van der Waals surface area contributed by atoms with Gasteiger partial charge < -0.3 is 0 Å². The fourth-order valence-corrected chi connectivity index (χ4v) is 3.76. The lowest BCUT2D eigenvalue weighted by Crippen LogP contribution is -2.38. The summed E-state index contributed by atoms with van der Waals surface area (Å²) in [5.41, 5.74) is 2.99. The first kappa shape index (κ1) is 18.2. The van der Waals surface area contributed by atoms with Crippen molar-refractivity contribution in [3.05, 3.63) is 52.3 Å². The maximum atomic E-state index is 12.9. The average Bonchev–Trinajstić information content (AvgIpc) is 3.03. The predicted octanol–water partition coefficient (Wildman–Crippen LogP) is 4.52. The van der Waals surface area contributed by atoms with Crippen LogP contribution in [-0.4, -0.2) is 33.6 Å². The summed E-state index contributed by atoms with van der Waals surface area (Å²) >= 11 is 6.02. The number of likely N-dealkylation sites (tertiary alicyclic amines) is 1. The van der Waals surface area contributed by atoms with E-state index in [9.17, 15) is 4.79 Å². The zero-order chi connectivity index (χ0) is 18.0. The number of nitrogens with zero attached hydrogens (tertiary/aromatic N) is 3. The third-order valence-corrected chi connectivity index (χ3v) is 5.16. The van der Waals surface area contributed by atoms with Crippen LogP contribution in [0.2, 0.25) is 5.02 Å². The molecule has 0 unspecified atom stereocenters. The summed E-state index contributed by atoms with van der Waals surface area (Å²) < 4.78 is 1.99. The van der Waals surface area contributed by atoms with E-state index in [0.717, 1.165) is 43.6 Å². The van der Waals surface area contributed by atoms with Gasteiger partial charge in [0.2, 0.25) is 0 Å². The molecular formula is C20H26ClN3O. The van der Waals surface area contributed by atoms with Crippen LogP contribution in [0.1, 0.15) is 54.2 Å². The summed E-state index contributed by atoms with van der Waals surface area (Å²) in [7, 11) is 0. The van der Waals surface area contributed by atoms with Gasteiger partial charge in [0.1, 0.15) is 0 Å². The maximum absolute atomic E-state index is 12.9. The molecular weight excluding hydrogens is 334 g/mol. The van der Waals surface area contributed by atoms with Gasteiger partial charge in [0.25, 0.3) is 0 Å². The zero-order valence-electron chi connectivity index (χ0n) is 15.2. The highest BCUT2D eigenvalue weighted by molar-refractivity contribution is 6.30. The number of hydrogen-bond donors (Lipinski definition) is 0. The van der Waals surface area contributed by atoms with E-state index < -0.39 is 0 Å². The van der Waals surface area contributed by atoms with Crippen LogP contribution in [0.25, 0.3) is 0 Å². The standard InChI is InChI=1S/C20H26ClN3O/c1-14(2)24-12-16(10-22-24)11-23-8-4-5-17(13-23)20(25)19-7-6-18(21)9-15(19)3/h6-7,9-10,12,14,17H,4-5,8,11,13H2,1-3H3/t17-/m1/s1. The number of ketones is 1. The smallest absolute Gasteiger partial charge is 0.167 e. The van der Waals surface area contributed by atoms with Gasteiger partial charge in [0.05, 0.1) is 6.20 Å². The fourth-order valence-electron chi connectivity index (χ4n) is 3.54. The summed E-state index contributed by atoms with van der Waals surface area (Å²) in [6.07, 6.45) is 6.07. The molecule has 2 aromatic rings. The first-order chi connectivity index (χ1) is 11.9. The number of rotatable bonds is 5. The molecule has 0 aliphatic carbocycles. The lowest BCUT2D eigenvalue weighted by Gasteiger charge is -2.32. The molecule has 1 aromatic carbocycles. The van der Waals surface area contributed by atoms with Crippen LogP contribution in [0.3, 0.4) is 0 Å². The van der Waals surface area contributed by atoms with Gasteiger partial charge in [-0.2, -0.15) is 5.10 Å². The fraction of sp³-hybridized carbons (Fsp3) is 0.500. The largest absolute Gasteiger partial charge is 0.298 e. The minimum atomic E-state index is 0.0637. The molecule has 25 heavy (non-hydrogen) atoms. The molecule has 1 atom stereocenters. The van der Waals surface area contributed by atoms with Gasteiger partial charge in [-0.05, 0) is 63.9 Å². The number of Topliss-reactive ketones (excluding diaryl/α,β-unsaturated/α-hetero) is 1. The second-order valence-corrected chi connectivity index (χ2v) is 7.76. The Labute approximate surface area is 154 Å². The molecule has 1 aromatic heterocycles. The maximum Gasteiger partial charge on any atom is 0.167 e. The molecule has 0 radical (unpaired) electrons. The van der Waals surface area contributed by atoms with E-state index in [-0.39, 0.29) is 11.7 Å². The molecule has 1 aliphatic rings. The minimum absolute atomic E-state index is 0.0637. The Bertz CT molecular complexity index is 753. The highest BCUT2D eigenvalue weighted by Crippen LogP contribution is 2.25. The summed E-state index contributed by atoms with van der Waals surface area (Å²) in [4.78, 5) is 15.3. The number of piperidine rings is 1. The lowest BCUT2D eigenvalue weighted by molar-refractivity contribution is 0.0811. The van der Waals surface area contributed by atoms with Crippen molar-refractivity contribution < 1.29 is 4.79 Å². The molecule has 5 heteroatoms. The van der Waals surface area contributed by atoms with E-state index in [2.05, 4.69) is 30.0 Å². The van der Waals surface area contributed by atoms with E-state index in [1.807, 2.05) is 36.0 Å². The third-order valence-electron chi connectivity index (χ3n) is 4.92. The summed E-state index contributed by atoms with van der Waals surface area (Å²) in [6.45, 7) is 8.92. The van der Waals surface area contributed by atoms with Crippen molar-refractivity contribution in [1.29, 1.82) is 0 Å². The highest BCUT2D eigenvalue weighted by Gasteiger charge is 2.27. The normalized spacial score (nSPS) is 18.7. The molecule has 1 fully saturated rings. The summed E-state index contributed by atoms with van der Waals surface area (Å²) in [5.74, 6) is 0.311. The Balaban J connectivity index is 1.66. The monoisotopic (exact) mass is 359 g/mol. The number of carbonyl (C=O) groups is 1. The molecule has 0 bridgehead atoms. The molecule has 2 heterocycles. The van der Waals surface area contributed by atoms with Crippen LogP contribution in [0.5, 0.6) is 0 Å². The van der Waals surface area contributed by atoms with Gasteiger partial charge >= 0.3 is 0 Å². The van der Waals surface area contributed by atoms with Gasteiger partial charge in [-0.15, -0.1) is 0 Å². The average molecular weight is 360 g/mol. The first-order valence-corrected chi connectivity index (χ1v) is 9.37. The van der Waals surface area contributed by atoms with E-state index in [4.69, 9.17) is 11.6 Å². The van der Waals surface area contributed by atoms with Crippen LogP contribution < -0.4 is 0 Å². The first-order valence-electron chi connectivity index (χ1n) is 9.00. The van der Waals surface area contributed by atoms with Crippen molar-refractivity contribution in [2.45, 2.75) is 46.2 Å². The Kier molecular flexibility index (Phi) is 5.60. The van der Waals surface area contributed by atoms with Gasteiger partial charge in [-0.25, -0.2) is 0 Å². The Morgan fingerprint density at radius 3 is 2.88 bits per heavy atom. The molecule has 1 aliphatic heterocycles. The van der Waals surface area contributed by atoms with E-state index in [0.29, 0.717) is 11.1 Å². The molecule has 134 valence electrons. The summed E-state index contributed by atoms with van der Waals surface area (Å²) in [6, 6.07) is 5.92. The van der Waals surface area contributed by atoms with Crippen molar-refractivity contribution in [1.82, 2.24) is 14.7 Å². The number of benzene rings is 1. The molecule has 0 N–H and O–H groups in total. The molecule has 1 saturated heterocycles. The van der Waals surface area contributed by atoms with Gasteiger partial charge in [0.15, 0.2) is 5.78 Å². The van der Waals surface area contributed by atoms with Crippen LogP contribution in [0, 0.1) is 12.8 Å². The quantitative estimate of drug-likeness (QED) is 0.736. The van der Waals surface area contributed by atoms with Crippen LogP contribution in [0.15, 0.2) is 30.6 Å².